The average Bonchev–Trinajstić information content (AvgIpc) is 2.61. The minimum absolute atomic E-state index is 0.0368. The number of aliphatic hydroxyl groups is 3. The topological polar surface area (TPSA) is 63.9 Å². The Balaban J connectivity index is 2.24. The van der Waals surface area contributed by atoms with Crippen LogP contribution in [-0.4, -0.2) is 53.1 Å². The van der Waals surface area contributed by atoms with E-state index in [-0.39, 0.29) is 13.2 Å². The standard InChI is InChI=1S/C19H25NO3/c21-15-13-20(14-16-22)12-11-19(23,17-7-3-1-4-8-17)18-9-5-2-6-10-18/h1-10,21-23H,11-16H2. The number of benzene rings is 2. The molecule has 2 rings (SSSR count). The van der Waals surface area contributed by atoms with Gasteiger partial charge >= 0.3 is 0 Å². The van der Waals surface area contributed by atoms with Crippen molar-refractivity contribution in [1.29, 1.82) is 0 Å². The normalized spacial score (nSPS) is 11.8. The summed E-state index contributed by atoms with van der Waals surface area (Å²) in [5.74, 6) is 0. The zero-order valence-electron chi connectivity index (χ0n) is 13.3. The Labute approximate surface area is 137 Å². The highest BCUT2D eigenvalue weighted by Gasteiger charge is 2.31. The first kappa shape index (κ1) is 17.6. The minimum Gasteiger partial charge on any atom is -0.395 e. The lowest BCUT2D eigenvalue weighted by atomic mass is 9.83. The van der Waals surface area contributed by atoms with Crippen molar-refractivity contribution < 1.29 is 15.3 Å². The number of hydrogen-bond donors (Lipinski definition) is 3. The van der Waals surface area contributed by atoms with Gasteiger partial charge in [-0.05, 0) is 17.5 Å². The van der Waals surface area contributed by atoms with E-state index in [2.05, 4.69) is 0 Å². The SMILES string of the molecule is OCCN(CCO)CCC(O)(c1ccccc1)c1ccccc1. The summed E-state index contributed by atoms with van der Waals surface area (Å²) in [7, 11) is 0. The van der Waals surface area contributed by atoms with Gasteiger partial charge in [-0.25, -0.2) is 0 Å². The van der Waals surface area contributed by atoms with Crippen LogP contribution >= 0.6 is 0 Å². The molecule has 0 amide bonds. The van der Waals surface area contributed by atoms with Crippen LogP contribution in [0.5, 0.6) is 0 Å². The summed E-state index contributed by atoms with van der Waals surface area (Å²) in [5, 5.41) is 29.7. The van der Waals surface area contributed by atoms with Gasteiger partial charge in [0.1, 0.15) is 5.60 Å². The van der Waals surface area contributed by atoms with E-state index in [1.54, 1.807) is 0 Å². The Morgan fingerprint density at radius 1 is 0.696 bits per heavy atom. The first-order valence-corrected chi connectivity index (χ1v) is 7.98. The van der Waals surface area contributed by atoms with Crippen LogP contribution in [0.4, 0.5) is 0 Å². The van der Waals surface area contributed by atoms with Crippen molar-refractivity contribution in [3.05, 3.63) is 71.8 Å². The lowest BCUT2D eigenvalue weighted by Crippen LogP contribution is -2.37. The van der Waals surface area contributed by atoms with Crippen molar-refractivity contribution in [3.8, 4) is 0 Å². The molecule has 0 aliphatic rings. The van der Waals surface area contributed by atoms with Crippen LogP contribution in [-0.2, 0) is 5.60 Å². The predicted octanol–water partition coefficient (Wildman–Crippen LogP) is 1.60. The third-order valence-electron chi connectivity index (χ3n) is 4.12. The lowest BCUT2D eigenvalue weighted by Gasteiger charge is -2.32. The molecule has 0 aliphatic carbocycles. The molecule has 2 aromatic carbocycles. The van der Waals surface area contributed by atoms with Crippen molar-refractivity contribution in [2.24, 2.45) is 0 Å². The molecule has 124 valence electrons. The first-order chi connectivity index (χ1) is 11.2. The van der Waals surface area contributed by atoms with E-state index in [1.165, 1.54) is 0 Å². The van der Waals surface area contributed by atoms with Crippen molar-refractivity contribution in [1.82, 2.24) is 4.90 Å². The van der Waals surface area contributed by atoms with E-state index in [1.807, 2.05) is 65.6 Å². The molecular weight excluding hydrogens is 290 g/mol. The second-order valence-corrected chi connectivity index (χ2v) is 5.63. The molecule has 23 heavy (non-hydrogen) atoms. The number of rotatable bonds is 9. The summed E-state index contributed by atoms with van der Waals surface area (Å²) < 4.78 is 0. The third-order valence-corrected chi connectivity index (χ3v) is 4.12. The molecule has 0 fully saturated rings. The Kier molecular flexibility index (Phi) is 6.74. The summed E-state index contributed by atoms with van der Waals surface area (Å²) in [4.78, 5) is 1.96. The molecule has 2 aromatic rings. The molecule has 0 unspecified atom stereocenters. The maximum atomic E-state index is 11.4. The van der Waals surface area contributed by atoms with Crippen LogP contribution in [0, 0.1) is 0 Å². The van der Waals surface area contributed by atoms with Crippen LogP contribution in [0.1, 0.15) is 17.5 Å². The minimum atomic E-state index is -1.09. The maximum absolute atomic E-state index is 11.4. The summed E-state index contributed by atoms with van der Waals surface area (Å²) in [6, 6.07) is 19.2. The van der Waals surface area contributed by atoms with Gasteiger partial charge in [-0.2, -0.15) is 0 Å². The molecular formula is C19H25NO3. The van der Waals surface area contributed by atoms with Crippen molar-refractivity contribution in [2.45, 2.75) is 12.0 Å². The third kappa shape index (κ3) is 4.62. The molecule has 0 heterocycles. The smallest absolute Gasteiger partial charge is 0.116 e. The summed E-state index contributed by atoms with van der Waals surface area (Å²) in [6.07, 6.45) is 0.487. The Morgan fingerprint density at radius 3 is 1.52 bits per heavy atom. The predicted molar refractivity (Wildman–Crippen MR) is 91.1 cm³/mol. The number of hydrogen-bond acceptors (Lipinski definition) is 4. The van der Waals surface area contributed by atoms with Gasteiger partial charge in [0, 0.05) is 19.6 Å². The van der Waals surface area contributed by atoms with Gasteiger partial charge in [0.25, 0.3) is 0 Å². The fraction of sp³-hybridized carbons (Fsp3) is 0.368. The van der Waals surface area contributed by atoms with E-state index < -0.39 is 5.60 Å². The van der Waals surface area contributed by atoms with Gasteiger partial charge in [-0.15, -0.1) is 0 Å². The Hall–Kier alpha value is -1.72. The molecule has 4 heteroatoms. The van der Waals surface area contributed by atoms with Gasteiger partial charge < -0.3 is 15.3 Å². The summed E-state index contributed by atoms with van der Waals surface area (Å²) >= 11 is 0. The van der Waals surface area contributed by atoms with Gasteiger partial charge in [0.05, 0.1) is 13.2 Å². The molecule has 0 radical (unpaired) electrons. The fourth-order valence-electron chi connectivity index (χ4n) is 2.82. The van der Waals surface area contributed by atoms with Crippen LogP contribution < -0.4 is 0 Å². The van der Waals surface area contributed by atoms with Crippen molar-refractivity contribution >= 4 is 0 Å². The zero-order chi connectivity index (χ0) is 16.5. The average molecular weight is 315 g/mol. The molecule has 0 bridgehead atoms. The highest BCUT2D eigenvalue weighted by Crippen LogP contribution is 2.33. The first-order valence-electron chi connectivity index (χ1n) is 7.98. The van der Waals surface area contributed by atoms with Crippen LogP contribution in [0.2, 0.25) is 0 Å². The molecule has 0 spiro atoms. The van der Waals surface area contributed by atoms with E-state index >= 15 is 0 Å². The summed E-state index contributed by atoms with van der Waals surface area (Å²) in [6.45, 7) is 1.63. The molecule has 0 aliphatic heterocycles. The zero-order valence-corrected chi connectivity index (χ0v) is 13.3. The largest absolute Gasteiger partial charge is 0.395 e. The quantitative estimate of drug-likeness (QED) is 0.658. The van der Waals surface area contributed by atoms with Gasteiger partial charge in [-0.1, -0.05) is 60.7 Å². The second kappa shape index (κ2) is 8.79. The van der Waals surface area contributed by atoms with Crippen LogP contribution in [0.25, 0.3) is 0 Å². The van der Waals surface area contributed by atoms with Gasteiger partial charge in [-0.3, -0.25) is 4.90 Å². The van der Waals surface area contributed by atoms with E-state index in [0.29, 0.717) is 26.1 Å². The molecule has 0 saturated heterocycles. The monoisotopic (exact) mass is 315 g/mol. The van der Waals surface area contributed by atoms with Crippen LogP contribution in [0.3, 0.4) is 0 Å². The van der Waals surface area contributed by atoms with E-state index in [4.69, 9.17) is 10.2 Å². The van der Waals surface area contributed by atoms with E-state index in [0.717, 1.165) is 11.1 Å². The Morgan fingerprint density at radius 2 is 1.13 bits per heavy atom. The fourth-order valence-corrected chi connectivity index (χ4v) is 2.82. The Bertz CT molecular complexity index is 514. The van der Waals surface area contributed by atoms with Crippen LogP contribution in [0.15, 0.2) is 60.7 Å². The highest BCUT2D eigenvalue weighted by atomic mass is 16.3. The van der Waals surface area contributed by atoms with Gasteiger partial charge in [0.15, 0.2) is 0 Å². The highest BCUT2D eigenvalue weighted by molar-refractivity contribution is 5.35. The molecule has 4 nitrogen and oxygen atoms in total. The molecule has 0 saturated carbocycles. The molecule has 3 N–H and O–H groups in total. The van der Waals surface area contributed by atoms with Gasteiger partial charge in [0.2, 0.25) is 0 Å². The molecule has 0 aromatic heterocycles. The number of nitrogens with zero attached hydrogens (tertiary/aromatic N) is 1. The summed E-state index contributed by atoms with van der Waals surface area (Å²) in [5.41, 5.74) is 0.601. The second-order valence-electron chi connectivity index (χ2n) is 5.63. The maximum Gasteiger partial charge on any atom is 0.116 e. The van der Waals surface area contributed by atoms with Crippen molar-refractivity contribution in [2.75, 3.05) is 32.8 Å². The molecule has 0 atom stereocenters. The lowest BCUT2D eigenvalue weighted by molar-refractivity contribution is 0.0515. The van der Waals surface area contributed by atoms with E-state index in [9.17, 15) is 5.11 Å². The number of aliphatic hydroxyl groups excluding tert-OH is 2. The van der Waals surface area contributed by atoms with Crippen molar-refractivity contribution in [3.63, 3.8) is 0 Å².